The van der Waals surface area contributed by atoms with E-state index in [4.69, 9.17) is 16.3 Å². The first-order chi connectivity index (χ1) is 8.11. The second kappa shape index (κ2) is 5.48. The Morgan fingerprint density at radius 2 is 2.00 bits per heavy atom. The Bertz CT molecular complexity index is 247. The highest BCUT2D eigenvalue weighted by Gasteiger charge is 2.43. The topological polar surface area (TPSA) is 9.23 Å². The molecule has 1 heterocycles. The van der Waals surface area contributed by atoms with E-state index in [1.165, 1.54) is 51.4 Å². The monoisotopic (exact) mass is 258 g/mol. The van der Waals surface area contributed by atoms with Crippen LogP contribution in [0.4, 0.5) is 0 Å². The smallest absolute Gasteiger partial charge is 0.0687 e. The SMILES string of the molecule is CCCC(C)(CCl)CC1CCC2(CCCC2)O1. The number of hydrogen-bond donors (Lipinski definition) is 0. The van der Waals surface area contributed by atoms with Crippen molar-refractivity contribution < 1.29 is 4.74 Å². The van der Waals surface area contributed by atoms with Crippen molar-refractivity contribution in [3.63, 3.8) is 0 Å². The van der Waals surface area contributed by atoms with Crippen LogP contribution in [0.15, 0.2) is 0 Å². The van der Waals surface area contributed by atoms with E-state index in [0.717, 1.165) is 12.3 Å². The van der Waals surface area contributed by atoms with Gasteiger partial charge < -0.3 is 4.74 Å². The fourth-order valence-corrected chi connectivity index (χ4v) is 4.05. The summed E-state index contributed by atoms with van der Waals surface area (Å²) in [5, 5.41) is 0. The third-order valence-corrected chi connectivity index (χ3v) is 5.40. The molecule has 0 aromatic rings. The van der Waals surface area contributed by atoms with Crippen molar-refractivity contribution in [2.75, 3.05) is 5.88 Å². The van der Waals surface area contributed by atoms with Crippen molar-refractivity contribution in [3.8, 4) is 0 Å². The Labute approximate surface area is 111 Å². The second-order valence-corrected chi connectivity index (χ2v) is 6.83. The van der Waals surface area contributed by atoms with Gasteiger partial charge in [0.1, 0.15) is 0 Å². The van der Waals surface area contributed by atoms with Gasteiger partial charge in [0.2, 0.25) is 0 Å². The molecule has 0 aromatic carbocycles. The Morgan fingerprint density at radius 1 is 1.29 bits per heavy atom. The highest BCUT2D eigenvalue weighted by Crippen LogP contribution is 2.46. The second-order valence-electron chi connectivity index (χ2n) is 6.57. The number of ether oxygens (including phenoxy) is 1. The molecule has 100 valence electrons. The number of alkyl halides is 1. The Hall–Kier alpha value is 0.250. The summed E-state index contributed by atoms with van der Waals surface area (Å²) in [7, 11) is 0. The van der Waals surface area contributed by atoms with E-state index in [1.807, 2.05) is 0 Å². The minimum atomic E-state index is 0.282. The van der Waals surface area contributed by atoms with Crippen molar-refractivity contribution in [3.05, 3.63) is 0 Å². The van der Waals surface area contributed by atoms with E-state index >= 15 is 0 Å². The van der Waals surface area contributed by atoms with Gasteiger partial charge in [0, 0.05) is 5.88 Å². The molecule has 2 atom stereocenters. The maximum Gasteiger partial charge on any atom is 0.0687 e. The lowest BCUT2D eigenvalue weighted by molar-refractivity contribution is -0.0507. The fourth-order valence-electron chi connectivity index (χ4n) is 3.80. The molecule has 2 heteroatoms. The first-order valence-electron chi connectivity index (χ1n) is 7.35. The molecule has 2 aliphatic rings. The Kier molecular flexibility index (Phi) is 4.41. The van der Waals surface area contributed by atoms with Gasteiger partial charge in [0.05, 0.1) is 11.7 Å². The van der Waals surface area contributed by atoms with E-state index in [2.05, 4.69) is 13.8 Å². The maximum absolute atomic E-state index is 6.40. The van der Waals surface area contributed by atoms with Gasteiger partial charge >= 0.3 is 0 Å². The van der Waals surface area contributed by atoms with E-state index in [9.17, 15) is 0 Å². The zero-order valence-electron chi connectivity index (χ0n) is 11.4. The van der Waals surface area contributed by atoms with Gasteiger partial charge in [-0.1, -0.05) is 33.1 Å². The third-order valence-electron chi connectivity index (χ3n) is 4.75. The molecule has 17 heavy (non-hydrogen) atoms. The van der Waals surface area contributed by atoms with Gasteiger partial charge in [-0.2, -0.15) is 0 Å². The molecule has 2 rings (SSSR count). The molecule has 0 amide bonds. The summed E-state index contributed by atoms with van der Waals surface area (Å²) < 4.78 is 6.40. The van der Waals surface area contributed by atoms with Crippen LogP contribution in [0.5, 0.6) is 0 Å². The average molecular weight is 259 g/mol. The maximum atomic E-state index is 6.40. The number of halogens is 1. The lowest BCUT2D eigenvalue weighted by Gasteiger charge is -2.31. The zero-order valence-corrected chi connectivity index (χ0v) is 12.2. The Morgan fingerprint density at radius 3 is 2.59 bits per heavy atom. The van der Waals surface area contributed by atoms with Crippen LogP contribution >= 0.6 is 11.6 Å². The molecule has 2 fully saturated rings. The predicted molar refractivity (Wildman–Crippen MR) is 73.7 cm³/mol. The summed E-state index contributed by atoms with van der Waals surface area (Å²) in [5.74, 6) is 0.772. The molecule has 2 unspecified atom stereocenters. The molecular formula is C15H27ClO. The number of rotatable bonds is 5. The largest absolute Gasteiger partial charge is 0.372 e. The van der Waals surface area contributed by atoms with Crippen LogP contribution in [0.2, 0.25) is 0 Å². The molecule has 1 saturated carbocycles. The highest BCUT2D eigenvalue weighted by atomic mass is 35.5. The summed E-state index contributed by atoms with van der Waals surface area (Å²) in [5.41, 5.74) is 0.565. The first-order valence-corrected chi connectivity index (χ1v) is 7.89. The zero-order chi connectivity index (χ0) is 12.4. The van der Waals surface area contributed by atoms with Crippen molar-refractivity contribution in [1.29, 1.82) is 0 Å². The quantitative estimate of drug-likeness (QED) is 0.637. The van der Waals surface area contributed by atoms with Crippen LogP contribution in [0.1, 0.15) is 71.6 Å². The van der Waals surface area contributed by atoms with Gasteiger partial charge in [0.15, 0.2) is 0 Å². The number of hydrogen-bond acceptors (Lipinski definition) is 1. The van der Waals surface area contributed by atoms with Crippen molar-refractivity contribution in [2.45, 2.75) is 83.3 Å². The van der Waals surface area contributed by atoms with E-state index in [-0.39, 0.29) is 11.0 Å². The lowest BCUT2D eigenvalue weighted by atomic mass is 9.81. The molecule has 1 nitrogen and oxygen atoms in total. The van der Waals surface area contributed by atoms with E-state index in [1.54, 1.807) is 0 Å². The summed E-state index contributed by atoms with van der Waals surface area (Å²) in [6.07, 6.45) is 12.0. The first kappa shape index (κ1) is 13.7. The molecule has 0 aromatic heterocycles. The van der Waals surface area contributed by atoms with Crippen LogP contribution in [-0.4, -0.2) is 17.6 Å². The molecule has 0 bridgehead atoms. The molecule has 0 radical (unpaired) electrons. The van der Waals surface area contributed by atoms with Gasteiger partial charge in [0.25, 0.3) is 0 Å². The summed E-state index contributed by atoms with van der Waals surface area (Å²) in [4.78, 5) is 0. The third kappa shape index (κ3) is 3.17. The molecule has 1 aliphatic carbocycles. The lowest BCUT2D eigenvalue weighted by Crippen LogP contribution is -2.29. The van der Waals surface area contributed by atoms with E-state index < -0.39 is 0 Å². The molecule has 0 N–H and O–H groups in total. The van der Waals surface area contributed by atoms with Gasteiger partial charge in [-0.3, -0.25) is 0 Å². The Balaban J connectivity index is 1.88. The normalized spacial score (nSPS) is 30.9. The predicted octanol–water partition coefficient (Wildman–Crippen LogP) is 4.91. The van der Waals surface area contributed by atoms with Gasteiger partial charge in [-0.05, 0) is 43.9 Å². The molecule has 1 aliphatic heterocycles. The van der Waals surface area contributed by atoms with Crippen LogP contribution < -0.4 is 0 Å². The van der Waals surface area contributed by atoms with Crippen LogP contribution in [0.3, 0.4) is 0 Å². The standard InChI is InChI=1S/C15H27ClO/c1-3-7-14(2,12-16)11-13-6-10-15(17-13)8-4-5-9-15/h13H,3-12H2,1-2H3. The minimum absolute atomic E-state index is 0.282. The summed E-state index contributed by atoms with van der Waals surface area (Å²) in [6, 6.07) is 0. The molecule has 1 spiro atoms. The van der Waals surface area contributed by atoms with Crippen molar-refractivity contribution >= 4 is 11.6 Å². The molecular weight excluding hydrogens is 232 g/mol. The molecule has 1 saturated heterocycles. The minimum Gasteiger partial charge on any atom is -0.372 e. The fraction of sp³-hybridized carbons (Fsp3) is 1.00. The van der Waals surface area contributed by atoms with Gasteiger partial charge in [-0.15, -0.1) is 11.6 Å². The summed E-state index contributed by atoms with van der Waals surface area (Å²) in [6.45, 7) is 4.57. The van der Waals surface area contributed by atoms with Crippen LogP contribution in [-0.2, 0) is 4.74 Å². The van der Waals surface area contributed by atoms with Crippen LogP contribution in [0.25, 0.3) is 0 Å². The van der Waals surface area contributed by atoms with Gasteiger partial charge in [-0.25, -0.2) is 0 Å². The van der Waals surface area contributed by atoms with Crippen molar-refractivity contribution in [2.24, 2.45) is 5.41 Å². The van der Waals surface area contributed by atoms with Crippen LogP contribution in [0, 0.1) is 5.41 Å². The summed E-state index contributed by atoms with van der Waals surface area (Å²) >= 11 is 6.16. The van der Waals surface area contributed by atoms with E-state index in [0.29, 0.717) is 6.10 Å². The highest BCUT2D eigenvalue weighted by molar-refractivity contribution is 6.18. The average Bonchev–Trinajstić information content (AvgIpc) is 2.91. The van der Waals surface area contributed by atoms with Crippen molar-refractivity contribution in [1.82, 2.24) is 0 Å².